The second-order valence-corrected chi connectivity index (χ2v) is 2.77. The molecule has 66 valence electrons. The molecule has 0 amide bonds. The topological polar surface area (TPSA) is 38.3 Å². The molecule has 0 spiro atoms. The zero-order valence-electron chi connectivity index (χ0n) is 7.55. The lowest BCUT2D eigenvalue weighted by molar-refractivity contribution is -0.134. The molecule has 0 bridgehead atoms. The van der Waals surface area contributed by atoms with Crippen LogP contribution in [0.5, 0.6) is 0 Å². The van der Waals surface area contributed by atoms with Gasteiger partial charge >= 0.3 is 5.97 Å². The standard InChI is InChI=1S/C9H13NO2/c1-5-9(2,3)10-7-6-8(11)12-4/h1,6-7,10H,2-4H3/b7-6+. The van der Waals surface area contributed by atoms with E-state index in [9.17, 15) is 4.79 Å². The van der Waals surface area contributed by atoms with Crippen LogP contribution in [0.3, 0.4) is 0 Å². The van der Waals surface area contributed by atoms with Gasteiger partial charge in [-0.3, -0.25) is 0 Å². The first kappa shape index (κ1) is 10.6. The van der Waals surface area contributed by atoms with Crippen molar-refractivity contribution < 1.29 is 9.53 Å². The van der Waals surface area contributed by atoms with Crippen molar-refractivity contribution in [2.75, 3.05) is 7.11 Å². The van der Waals surface area contributed by atoms with Crippen LogP contribution >= 0.6 is 0 Å². The molecule has 0 fully saturated rings. The summed E-state index contributed by atoms with van der Waals surface area (Å²) in [5, 5.41) is 2.86. The van der Waals surface area contributed by atoms with Crippen molar-refractivity contribution in [1.82, 2.24) is 5.32 Å². The molecule has 0 aliphatic carbocycles. The molecule has 0 saturated carbocycles. The summed E-state index contributed by atoms with van der Waals surface area (Å²) in [6.07, 6.45) is 7.95. The average molecular weight is 167 g/mol. The Morgan fingerprint density at radius 2 is 2.25 bits per heavy atom. The maximum atomic E-state index is 10.6. The maximum Gasteiger partial charge on any atom is 0.331 e. The number of hydrogen-bond donors (Lipinski definition) is 1. The smallest absolute Gasteiger partial charge is 0.331 e. The molecule has 0 unspecified atom stereocenters. The van der Waals surface area contributed by atoms with E-state index in [1.165, 1.54) is 19.4 Å². The Hall–Kier alpha value is -1.43. The molecule has 0 saturated heterocycles. The summed E-state index contributed by atoms with van der Waals surface area (Å²) >= 11 is 0. The molecule has 12 heavy (non-hydrogen) atoms. The van der Waals surface area contributed by atoms with E-state index in [1.54, 1.807) is 0 Å². The van der Waals surface area contributed by atoms with Gasteiger partial charge in [-0.2, -0.15) is 0 Å². The fourth-order valence-corrected chi connectivity index (χ4v) is 0.428. The molecule has 0 aromatic rings. The van der Waals surface area contributed by atoms with Gasteiger partial charge in [0.25, 0.3) is 0 Å². The summed E-state index contributed by atoms with van der Waals surface area (Å²) < 4.78 is 4.38. The largest absolute Gasteiger partial charge is 0.466 e. The summed E-state index contributed by atoms with van der Waals surface area (Å²) in [5.74, 6) is 2.11. The third kappa shape index (κ3) is 4.40. The van der Waals surface area contributed by atoms with Gasteiger partial charge in [0.2, 0.25) is 0 Å². The second-order valence-electron chi connectivity index (χ2n) is 2.77. The van der Waals surface area contributed by atoms with Gasteiger partial charge in [0.05, 0.1) is 12.6 Å². The molecular formula is C9H13NO2. The molecule has 0 aliphatic heterocycles. The van der Waals surface area contributed by atoms with Gasteiger partial charge in [-0.1, -0.05) is 5.92 Å². The number of terminal acetylenes is 1. The molecule has 0 atom stereocenters. The molecule has 1 N–H and O–H groups in total. The molecule has 3 nitrogen and oxygen atoms in total. The fraction of sp³-hybridized carbons (Fsp3) is 0.444. The minimum Gasteiger partial charge on any atom is -0.466 e. The Morgan fingerprint density at radius 1 is 1.67 bits per heavy atom. The predicted octanol–water partition coefficient (Wildman–Crippen LogP) is 0.674. The van der Waals surface area contributed by atoms with E-state index in [2.05, 4.69) is 16.0 Å². The van der Waals surface area contributed by atoms with E-state index < -0.39 is 11.5 Å². The summed E-state index contributed by atoms with van der Waals surface area (Å²) in [6.45, 7) is 3.66. The summed E-state index contributed by atoms with van der Waals surface area (Å²) in [6, 6.07) is 0. The molecule has 0 aromatic carbocycles. The van der Waals surface area contributed by atoms with Crippen LogP contribution in [0.15, 0.2) is 12.3 Å². The SMILES string of the molecule is C#CC(C)(C)N/C=C/C(=O)OC. The normalized spacial score (nSPS) is 10.8. The van der Waals surface area contributed by atoms with Gasteiger partial charge in [0.1, 0.15) is 0 Å². The summed E-state index contributed by atoms with van der Waals surface area (Å²) in [7, 11) is 1.32. The van der Waals surface area contributed by atoms with Crippen molar-refractivity contribution in [3.05, 3.63) is 12.3 Å². The van der Waals surface area contributed by atoms with Crippen LogP contribution in [0.2, 0.25) is 0 Å². The first-order valence-corrected chi connectivity index (χ1v) is 3.52. The molecule has 0 rings (SSSR count). The van der Waals surface area contributed by atoms with Gasteiger partial charge in [-0.05, 0) is 13.8 Å². The van der Waals surface area contributed by atoms with Crippen molar-refractivity contribution in [3.8, 4) is 12.3 Å². The van der Waals surface area contributed by atoms with E-state index in [1.807, 2.05) is 13.8 Å². The van der Waals surface area contributed by atoms with Gasteiger partial charge in [0.15, 0.2) is 0 Å². The zero-order valence-corrected chi connectivity index (χ0v) is 7.55. The number of carbonyl (C=O) groups is 1. The molecule has 0 aromatic heterocycles. The zero-order chi connectivity index (χ0) is 9.61. The molecule has 0 heterocycles. The van der Waals surface area contributed by atoms with E-state index in [4.69, 9.17) is 6.42 Å². The fourth-order valence-electron chi connectivity index (χ4n) is 0.428. The highest BCUT2D eigenvalue weighted by molar-refractivity contribution is 5.81. The number of methoxy groups -OCH3 is 1. The second kappa shape index (κ2) is 4.45. The van der Waals surface area contributed by atoms with E-state index in [0.29, 0.717) is 0 Å². The van der Waals surface area contributed by atoms with Crippen LogP contribution < -0.4 is 5.32 Å². The lowest BCUT2D eigenvalue weighted by Gasteiger charge is -2.16. The Kier molecular flexibility index (Phi) is 3.92. The van der Waals surface area contributed by atoms with Gasteiger partial charge < -0.3 is 10.1 Å². The number of esters is 1. The van der Waals surface area contributed by atoms with Crippen molar-refractivity contribution in [3.63, 3.8) is 0 Å². The summed E-state index contributed by atoms with van der Waals surface area (Å²) in [5.41, 5.74) is -0.440. The highest BCUT2D eigenvalue weighted by Gasteiger charge is 2.09. The quantitative estimate of drug-likeness (QED) is 0.381. The lowest BCUT2D eigenvalue weighted by atomic mass is 10.1. The molecule has 0 radical (unpaired) electrons. The van der Waals surface area contributed by atoms with E-state index >= 15 is 0 Å². The number of rotatable bonds is 3. The highest BCUT2D eigenvalue weighted by atomic mass is 16.5. The number of hydrogen-bond acceptors (Lipinski definition) is 3. The lowest BCUT2D eigenvalue weighted by Crippen LogP contribution is -2.33. The van der Waals surface area contributed by atoms with Gasteiger partial charge in [-0.15, -0.1) is 6.42 Å². The summed E-state index contributed by atoms with van der Waals surface area (Å²) in [4.78, 5) is 10.6. The Bertz CT molecular complexity index is 223. The maximum absolute atomic E-state index is 10.6. The molecular weight excluding hydrogens is 154 g/mol. The Morgan fingerprint density at radius 3 is 2.67 bits per heavy atom. The van der Waals surface area contributed by atoms with Gasteiger partial charge in [0, 0.05) is 12.3 Å². The van der Waals surface area contributed by atoms with Crippen LogP contribution in [0.25, 0.3) is 0 Å². The van der Waals surface area contributed by atoms with Crippen LogP contribution in [-0.2, 0) is 9.53 Å². The van der Waals surface area contributed by atoms with Gasteiger partial charge in [-0.25, -0.2) is 4.79 Å². The Labute approximate surface area is 72.8 Å². The first-order chi connectivity index (χ1) is 5.52. The van der Waals surface area contributed by atoms with Crippen molar-refractivity contribution >= 4 is 5.97 Å². The first-order valence-electron chi connectivity index (χ1n) is 3.52. The number of nitrogens with one attached hydrogen (secondary N) is 1. The minimum absolute atomic E-state index is 0.407. The molecule has 3 heteroatoms. The molecule has 0 aliphatic rings. The predicted molar refractivity (Wildman–Crippen MR) is 47.2 cm³/mol. The number of carbonyl (C=O) groups excluding carboxylic acids is 1. The van der Waals surface area contributed by atoms with Crippen LogP contribution in [0.4, 0.5) is 0 Å². The average Bonchev–Trinajstić information content (AvgIpc) is 2.04. The third-order valence-corrected chi connectivity index (χ3v) is 1.23. The number of ether oxygens (including phenoxy) is 1. The van der Waals surface area contributed by atoms with E-state index in [-0.39, 0.29) is 0 Å². The monoisotopic (exact) mass is 167 g/mol. The van der Waals surface area contributed by atoms with Crippen molar-refractivity contribution in [1.29, 1.82) is 0 Å². The van der Waals surface area contributed by atoms with Crippen molar-refractivity contribution in [2.24, 2.45) is 0 Å². The highest BCUT2D eigenvalue weighted by Crippen LogP contribution is 1.97. The van der Waals surface area contributed by atoms with E-state index in [0.717, 1.165) is 0 Å². The minimum atomic E-state index is -0.440. The van der Waals surface area contributed by atoms with Crippen molar-refractivity contribution in [2.45, 2.75) is 19.4 Å². The Balaban J connectivity index is 3.92. The third-order valence-electron chi connectivity index (χ3n) is 1.23. The van der Waals surface area contributed by atoms with Crippen LogP contribution in [-0.4, -0.2) is 18.6 Å². The van der Waals surface area contributed by atoms with Crippen LogP contribution in [0, 0.1) is 12.3 Å². The van der Waals surface area contributed by atoms with Crippen LogP contribution in [0.1, 0.15) is 13.8 Å².